The average Bonchev–Trinajstić information content (AvgIpc) is 3.13. The summed E-state index contributed by atoms with van der Waals surface area (Å²) in [5.74, 6) is -2.86. The minimum absolute atomic E-state index is 0.0659. The van der Waals surface area contributed by atoms with E-state index in [1.54, 1.807) is 9.47 Å². The smallest absolute Gasteiger partial charge is 0.274 e. The Morgan fingerprint density at radius 3 is 2.62 bits per heavy atom. The summed E-state index contributed by atoms with van der Waals surface area (Å²) in [5.41, 5.74) is -0.470. The Kier molecular flexibility index (Phi) is 5.72. The number of rotatable bonds is 6. The average molecular weight is 447 g/mol. The molecule has 2 aliphatic rings. The lowest BCUT2D eigenvalue weighted by atomic mass is 10.1. The lowest BCUT2D eigenvalue weighted by Gasteiger charge is -2.34. The largest absolute Gasteiger partial charge is 0.491 e. The normalized spacial score (nSPS) is 19.2. The fourth-order valence-corrected chi connectivity index (χ4v) is 4.51. The third-order valence-electron chi connectivity index (χ3n) is 6.03. The summed E-state index contributed by atoms with van der Waals surface area (Å²) in [6.45, 7) is 2.48. The number of pyridine rings is 1. The van der Waals surface area contributed by atoms with Crippen molar-refractivity contribution in [2.24, 2.45) is 0 Å². The van der Waals surface area contributed by atoms with Crippen LogP contribution in [0.4, 0.5) is 8.78 Å². The van der Waals surface area contributed by atoms with Gasteiger partial charge in [-0.05, 0) is 13.0 Å². The molecule has 0 spiro atoms. The minimum Gasteiger partial charge on any atom is -0.491 e. The second kappa shape index (κ2) is 8.34. The van der Waals surface area contributed by atoms with Crippen LogP contribution in [0, 0.1) is 11.6 Å². The lowest BCUT2D eigenvalue weighted by molar-refractivity contribution is 0.0652. The molecule has 10 heteroatoms. The van der Waals surface area contributed by atoms with Crippen LogP contribution in [0.5, 0.6) is 5.75 Å². The van der Waals surface area contributed by atoms with Gasteiger partial charge in [-0.1, -0.05) is 6.07 Å². The molecule has 2 aliphatic heterocycles. The van der Waals surface area contributed by atoms with Gasteiger partial charge in [0.1, 0.15) is 23.3 Å². The van der Waals surface area contributed by atoms with Crippen molar-refractivity contribution >= 4 is 11.8 Å². The van der Waals surface area contributed by atoms with Gasteiger partial charge in [-0.3, -0.25) is 14.4 Å². The predicted molar refractivity (Wildman–Crippen MR) is 110 cm³/mol. The third kappa shape index (κ3) is 3.35. The number of ether oxygens (including phenoxy) is 2. The van der Waals surface area contributed by atoms with E-state index in [2.05, 4.69) is 5.32 Å². The number of carbonyl (C=O) groups excluding carboxylic acids is 2. The highest BCUT2D eigenvalue weighted by atomic mass is 19.1. The molecule has 0 saturated heterocycles. The van der Waals surface area contributed by atoms with Crippen molar-refractivity contribution in [1.82, 2.24) is 14.8 Å². The van der Waals surface area contributed by atoms with Gasteiger partial charge in [0.05, 0.1) is 18.8 Å². The first-order valence-corrected chi connectivity index (χ1v) is 10.2. The summed E-state index contributed by atoms with van der Waals surface area (Å²) in [6, 6.07) is 2.83. The van der Waals surface area contributed by atoms with Crippen molar-refractivity contribution in [2.45, 2.75) is 32.0 Å². The molecule has 1 unspecified atom stereocenters. The fraction of sp³-hybridized carbons (Fsp3) is 0.409. The highest BCUT2D eigenvalue weighted by Gasteiger charge is 2.45. The molecule has 0 fully saturated rings. The van der Waals surface area contributed by atoms with Crippen molar-refractivity contribution in [1.29, 1.82) is 0 Å². The number of nitrogens with zero attached hydrogens (tertiary/aromatic N) is 2. The maximum absolute atomic E-state index is 14.0. The van der Waals surface area contributed by atoms with Crippen LogP contribution in [0.15, 0.2) is 23.0 Å². The van der Waals surface area contributed by atoms with Crippen LogP contribution in [0.3, 0.4) is 0 Å². The van der Waals surface area contributed by atoms with Crippen LogP contribution in [-0.4, -0.2) is 48.6 Å². The number of aromatic nitrogens is 1. The van der Waals surface area contributed by atoms with Gasteiger partial charge < -0.3 is 24.3 Å². The van der Waals surface area contributed by atoms with Gasteiger partial charge >= 0.3 is 0 Å². The van der Waals surface area contributed by atoms with E-state index in [9.17, 15) is 23.2 Å². The summed E-state index contributed by atoms with van der Waals surface area (Å²) in [7, 11) is 2.74. The SMILES string of the molecule is CCN1CC2C[C@@H](OC)c3c(C(=O)NCc4ccc(F)cc4F)c(=O)c(OC)c(n32)C1=O. The van der Waals surface area contributed by atoms with Gasteiger partial charge in [-0.15, -0.1) is 0 Å². The summed E-state index contributed by atoms with van der Waals surface area (Å²) in [4.78, 5) is 41.0. The van der Waals surface area contributed by atoms with Crippen molar-refractivity contribution in [3.8, 4) is 5.75 Å². The summed E-state index contributed by atoms with van der Waals surface area (Å²) < 4.78 is 39.6. The lowest BCUT2D eigenvalue weighted by Crippen LogP contribution is -2.44. The molecule has 0 bridgehead atoms. The molecule has 0 aliphatic carbocycles. The van der Waals surface area contributed by atoms with Crippen LogP contribution in [-0.2, 0) is 11.3 Å². The molecule has 0 radical (unpaired) electrons. The number of amides is 2. The van der Waals surface area contributed by atoms with Gasteiger partial charge in [-0.2, -0.15) is 0 Å². The zero-order valence-electron chi connectivity index (χ0n) is 17.9. The Labute approximate surface area is 182 Å². The zero-order chi connectivity index (χ0) is 23.2. The number of carbonyl (C=O) groups is 2. The Balaban J connectivity index is 1.81. The van der Waals surface area contributed by atoms with E-state index in [0.717, 1.165) is 6.07 Å². The molecular weight excluding hydrogens is 424 g/mol. The molecule has 1 N–H and O–H groups in total. The molecule has 2 amide bonds. The first-order chi connectivity index (χ1) is 15.3. The Morgan fingerprint density at radius 2 is 2.00 bits per heavy atom. The second-order valence-corrected chi connectivity index (χ2v) is 7.72. The maximum Gasteiger partial charge on any atom is 0.274 e. The van der Waals surface area contributed by atoms with Crippen LogP contribution in [0.2, 0.25) is 0 Å². The van der Waals surface area contributed by atoms with Crippen molar-refractivity contribution in [2.75, 3.05) is 27.3 Å². The first-order valence-electron chi connectivity index (χ1n) is 10.2. The van der Waals surface area contributed by atoms with E-state index in [-0.39, 0.29) is 41.1 Å². The molecule has 170 valence electrons. The van der Waals surface area contributed by atoms with Crippen LogP contribution in [0.25, 0.3) is 0 Å². The number of methoxy groups -OCH3 is 2. The molecule has 2 atom stereocenters. The molecule has 32 heavy (non-hydrogen) atoms. The van der Waals surface area contributed by atoms with Gasteiger partial charge in [-0.25, -0.2) is 8.78 Å². The maximum atomic E-state index is 14.0. The molecule has 8 nitrogen and oxygen atoms in total. The summed E-state index contributed by atoms with van der Waals surface area (Å²) >= 11 is 0. The minimum atomic E-state index is -0.810. The van der Waals surface area contributed by atoms with E-state index < -0.39 is 29.1 Å². The topological polar surface area (TPSA) is 89.9 Å². The molecule has 1 aromatic heterocycles. The monoisotopic (exact) mass is 447 g/mol. The quantitative estimate of drug-likeness (QED) is 0.733. The van der Waals surface area contributed by atoms with Crippen LogP contribution < -0.4 is 15.5 Å². The molecule has 2 aromatic rings. The third-order valence-corrected chi connectivity index (χ3v) is 6.03. The Hall–Kier alpha value is -3.27. The van der Waals surface area contributed by atoms with Gasteiger partial charge in [0.25, 0.3) is 11.8 Å². The van der Waals surface area contributed by atoms with E-state index >= 15 is 0 Å². The number of likely N-dealkylation sites (N-methyl/N-ethyl adjacent to an activating group) is 1. The molecule has 4 rings (SSSR count). The van der Waals surface area contributed by atoms with Crippen molar-refractivity contribution < 1.29 is 27.8 Å². The highest BCUT2D eigenvalue weighted by Crippen LogP contribution is 2.43. The van der Waals surface area contributed by atoms with Gasteiger partial charge in [0, 0.05) is 44.8 Å². The number of nitrogens with one attached hydrogen (secondary N) is 1. The van der Waals surface area contributed by atoms with Crippen LogP contribution >= 0.6 is 0 Å². The number of hydrogen-bond donors (Lipinski definition) is 1. The van der Waals surface area contributed by atoms with Gasteiger partial charge in [0.2, 0.25) is 5.43 Å². The summed E-state index contributed by atoms with van der Waals surface area (Å²) in [5, 5.41) is 2.52. The van der Waals surface area contributed by atoms with E-state index in [4.69, 9.17) is 9.47 Å². The fourth-order valence-electron chi connectivity index (χ4n) is 4.51. The van der Waals surface area contributed by atoms with E-state index in [0.29, 0.717) is 31.3 Å². The molecule has 3 heterocycles. The second-order valence-electron chi connectivity index (χ2n) is 7.72. The Morgan fingerprint density at radius 1 is 1.25 bits per heavy atom. The highest BCUT2D eigenvalue weighted by molar-refractivity contribution is 6.00. The standard InChI is InChI=1S/C22H23F2N3O5/c1-4-26-10-13-8-15(31-2)17-16(19(28)20(32-3)18(22(26)30)27(13)17)21(29)25-9-11-5-6-12(23)7-14(11)24/h5-7,13,15H,4,8-10H2,1-3H3,(H,25,29)/t13?,15-/m1/s1. The summed E-state index contributed by atoms with van der Waals surface area (Å²) in [6.07, 6.45) is -0.0995. The molecule has 1 aromatic carbocycles. The van der Waals surface area contributed by atoms with Gasteiger partial charge in [0.15, 0.2) is 11.4 Å². The number of hydrogen-bond acceptors (Lipinski definition) is 5. The molecule has 0 saturated carbocycles. The van der Waals surface area contributed by atoms with Crippen molar-refractivity contribution in [3.05, 3.63) is 62.6 Å². The Bertz CT molecular complexity index is 1160. The first kappa shape index (κ1) is 21.9. The zero-order valence-corrected chi connectivity index (χ0v) is 17.9. The number of benzene rings is 1. The van der Waals surface area contributed by atoms with E-state index in [1.165, 1.54) is 20.3 Å². The predicted octanol–water partition coefficient (Wildman–Crippen LogP) is 2.17. The molecular formula is C22H23F2N3O5. The van der Waals surface area contributed by atoms with Crippen molar-refractivity contribution in [3.63, 3.8) is 0 Å². The van der Waals surface area contributed by atoms with E-state index in [1.807, 2.05) is 6.92 Å². The van der Waals surface area contributed by atoms with Crippen LogP contribution in [0.1, 0.15) is 57.6 Å². The number of halogens is 2.